The highest BCUT2D eigenvalue weighted by Crippen LogP contribution is 2.29. The molecule has 2 amide bonds. The third kappa shape index (κ3) is 3.52. The Labute approximate surface area is 161 Å². The number of hydrogen-bond acceptors (Lipinski definition) is 6. The number of nitrogens with zero attached hydrogens (tertiary/aromatic N) is 1. The summed E-state index contributed by atoms with van der Waals surface area (Å²) in [6, 6.07) is 11.2. The number of hydrogen-bond donors (Lipinski definition) is 1. The Hall–Kier alpha value is -3.81. The van der Waals surface area contributed by atoms with Crippen molar-refractivity contribution in [2.45, 2.75) is 0 Å². The second kappa shape index (κ2) is 7.83. The molecule has 1 aliphatic heterocycles. The van der Waals surface area contributed by atoms with Crippen LogP contribution in [0, 0.1) is 0 Å². The molecule has 1 N–H and O–H groups in total. The summed E-state index contributed by atoms with van der Waals surface area (Å²) in [4.78, 5) is 36.5. The quantitative estimate of drug-likeness (QED) is 0.483. The summed E-state index contributed by atoms with van der Waals surface area (Å²) in [6.07, 6.45) is 1.47. The molecule has 0 unspecified atom stereocenters. The minimum Gasteiger partial charge on any atom is -0.493 e. The van der Waals surface area contributed by atoms with Gasteiger partial charge in [0.1, 0.15) is 5.57 Å². The van der Waals surface area contributed by atoms with Gasteiger partial charge >= 0.3 is 5.97 Å². The highest BCUT2D eigenvalue weighted by molar-refractivity contribution is 6.31. The number of amides is 2. The molecular weight excluding hydrogens is 364 g/mol. The van der Waals surface area contributed by atoms with Crippen LogP contribution in [0.4, 0.5) is 5.69 Å². The van der Waals surface area contributed by atoms with E-state index in [2.05, 4.69) is 10.2 Å². The Kier molecular flexibility index (Phi) is 5.30. The van der Waals surface area contributed by atoms with Gasteiger partial charge in [-0.2, -0.15) is 0 Å². The molecular formula is C20H18N2O6. The fraction of sp³-hybridized carbons (Fsp3) is 0.150. The van der Waals surface area contributed by atoms with Gasteiger partial charge in [-0.3, -0.25) is 15.0 Å². The van der Waals surface area contributed by atoms with E-state index in [-0.39, 0.29) is 5.57 Å². The minimum atomic E-state index is -0.531. The lowest BCUT2D eigenvalue weighted by atomic mass is 10.1. The van der Waals surface area contributed by atoms with Crippen molar-refractivity contribution < 1.29 is 28.6 Å². The maximum Gasteiger partial charge on any atom is 0.337 e. The van der Waals surface area contributed by atoms with E-state index in [1.807, 2.05) is 0 Å². The van der Waals surface area contributed by atoms with Crippen molar-refractivity contribution in [2.75, 3.05) is 26.3 Å². The Bertz CT molecular complexity index is 965. The number of nitrogens with one attached hydrogen (secondary N) is 1. The first kappa shape index (κ1) is 19.0. The predicted octanol–water partition coefficient (Wildman–Crippen LogP) is 1.95. The van der Waals surface area contributed by atoms with Crippen LogP contribution in [0.15, 0.2) is 48.0 Å². The van der Waals surface area contributed by atoms with Gasteiger partial charge in [-0.15, -0.1) is 0 Å². The highest BCUT2D eigenvalue weighted by atomic mass is 16.5. The number of rotatable bonds is 5. The van der Waals surface area contributed by atoms with Gasteiger partial charge in [0.25, 0.3) is 11.8 Å². The third-order valence-corrected chi connectivity index (χ3v) is 4.16. The van der Waals surface area contributed by atoms with Crippen molar-refractivity contribution in [2.24, 2.45) is 0 Å². The van der Waals surface area contributed by atoms with E-state index in [0.29, 0.717) is 28.3 Å². The molecule has 0 aliphatic carbocycles. The molecule has 8 nitrogen and oxygen atoms in total. The molecule has 1 aliphatic rings. The number of anilines is 1. The fourth-order valence-electron chi connectivity index (χ4n) is 2.71. The topological polar surface area (TPSA) is 94.2 Å². The average Bonchev–Trinajstić information content (AvgIpc) is 3.01. The van der Waals surface area contributed by atoms with Crippen molar-refractivity contribution in [3.8, 4) is 11.5 Å². The van der Waals surface area contributed by atoms with Gasteiger partial charge in [-0.05, 0) is 48.0 Å². The number of hydrazine groups is 1. The molecule has 1 saturated heterocycles. The van der Waals surface area contributed by atoms with Crippen LogP contribution in [0.1, 0.15) is 15.9 Å². The van der Waals surface area contributed by atoms with Crippen LogP contribution in [0.25, 0.3) is 6.08 Å². The zero-order valence-electron chi connectivity index (χ0n) is 15.5. The molecule has 1 heterocycles. The van der Waals surface area contributed by atoms with Gasteiger partial charge in [0.05, 0.1) is 32.6 Å². The fourth-order valence-corrected chi connectivity index (χ4v) is 2.71. The van der Waals surface area contributed by atoms with E-state index in [1.54, 1.807) is 30.3 Å². The summed E-state index contributed by atoms with van der Waals surface area (Å²) >= 11 is 0. The standard InChI is InChI=1S/C20H18N2O6/c1-26-16-9-4-12(11-17(16)27-2)10-15-18(23)21-22(19(15)24)14-7-5-13(6-8-14)20(25)28-3/h4-11H,1-3H3,(H,21,23)/b15-10-. The lowest BCUT2D eigenvalue weighted by molar-refractivity contribution is -0.117. The summed E-state index contributed by atoms with van der Waals surface area (Å²) in [7, 11) is 4.31. The molecule has 8 heteroatoms. The van der Waals surface area contributed by atoms with Crippen molar-refractivity contribution in [3.63, 3.8) is 0 Å². The number of carbonyl (C=O) groups is 3. The highest BCUT2D eigenvalue weighted by Gasteiger charge is 2.34. The minimum absolute atomic E-state index is 0.0238. The van der Waals surface area contributed by atoms with Crippen LogP contribution in [-0.4, -0.2) is 39.1 Å². The van der Waals surface area contributed by atoms with Crippen LogP contribution < -0.4 is 19.9 Å². The van der Waals surface area contributed by atoms with E-state index in [4.69, 9.17) is 9.47 Å². The first-order chi connectivity index (χ1) is 13.5. The molecule has 28 heavy (non-hydrogen) atoms. The SMILES string of the molecule is COC(=O)c1ccc(N2NC(=O)/C(=C/c3ccc(OC)c(OC)c3)C2=O)cc1. The van der Waals surface area contributed by atoms with Crippen LogP contribution in [-0.2, 0) is 14.3 Å². The molecule has 0 aromatic heterocycles. The molecule has 3 rings (SSSR count). The summed E-state index contributed by atoms with van der Waals surface area (Å²) in [5, 5.41) is 1.12. The van der Waals surface area contributed by atoms with E-state index < -0.39 is 17.8 Å². The van der Waals surface area contributed by atoms with Crippen molar-refractivity contribution in [3.05, 3.63) is 59.2 Å². The maximum atomic E-state index is 12.7. The summed E-state index contributed by atoms with van der Waals surface area (Å²) in [5.74, 6) is -0.503. The van der Waals surface area contributed by atoms with E-state index in [1.165, 1.54) is 39.5 Å². The number of benzene rings is 2. The van der Waals surface area contributed by atoms with Crippen molar-refractivity contribution >= 4 is 29.5 Å². The largest absolute Gasteiger partial charge is 0.493 e. The second-order valence-electron chi connectivity index (χ2n) is 5.79. The molecule has 1 fully saturated rings. The van der Waals surface area contributed by atoms with Crippen LogP contribution in [0.2, 0.25) is 0 Å². The first-order valence-electron chi connectivity index (χ1n) is 8.26. The zero-order chi connectivity index (χ0) is 20.3. The van der Waals surface area contributed by atoms with Crippen LogP contribution in [0.5, 0.6) is 11.5 Å². The average molecular weight is 382 g/mol. The van der Waals surface area contributed by atoms with Crippen LogP contribution in [0.3, 0.4) is 0 Å². The molecule has 2 aromatic rings. The van der Waals surface area contributed by atoms with E-state index >= 15 is 0 Å². The van der Waals surface area contributed by atoms with Crippen LogP contribution >= 0.6 is 0 Å². The van der Waals surface area contributed by atoms with Gasteiger partial charge < -0.3 is 14.2 Å². The molecule has 0 radical (unpaired) electrons. The smallest absolute Gasteiger partial charge is 0.337 e. The molecule has 144 valence electrons. The van der Waals surface area contributed by atoms with Crippen molar-refractivity contribution in [1.82, 2.24) is 5.43 Å². The lowest BCUT2D eigenvalue weighted by Gasteiger charge is -2.14. The number of carbonyl (C=O) groups excluding carboxylic acids is 3. The molecule has 0 spiro atoms. The van der Waals surface area contributed by atoms with Gasteiger partial charge in [0.2, 0.25) is 0 Å². The Morgan fingerprint density at radius 3 is 2.25 bits per heavy atom. The van der Waals surface area contributed by atoms with E-state index in [9.17, 15) is 14.4 Å². The van der Waals surface area contributed by atoms with Gasteiger partial charge in [0, 0.05) is 0 Å². The Morgan fingerprint density at radius 2 is 1.64 bits per heavy atom. The van der Waals surface area contributed by atoms with Gasteiger partial charge in [-0.1, -0.05) is 6.07 Å². The summed E-state index contributed by atoms with van der Waals surface area (Å²) in [6.45, 7) is 0. The lowest BCUT2D eigenvalue weighted by Crippen LogP contribution is -2.35. The molecule has 2 aromatic carbocycles. The molecule has 0 saturated carbocycles. The monoisotopic (exact) mass is 382 g/mol. The van der Waals surface area contributed by atoms with Gasteiger partial charge in [-0.25, -0.2) is 9.80 Å². The normalized spacial score (nSPS) is 14.8. The first-order valence-corrected chi connectivity index (χ1v) is 8.26. The Balaban J connectivity index is 1.87. The third-order valence-electron chi connectivity index (χ3n) is 4.16. The number of methoxy groups -OCH3 is 3. The Morgan fingerprint density at radius 1 is 0.964 bits per heavy atom. The predicted molar refractivity (Wildman–Crippen MR) is 101 cm³/mol. The van der Waals surface area contributed by atoms with Crippen molar-refractivity contribution in [1.29, 1.82) is 0 Å². The molecule has 0 bridgehead atoms. The maximum absolute atomic E-state index is 12.7. The molecule has 0 atom stereocenters. The number of esters is 1. The summed E-state index contributed by atoms with van der Waals surface area (Å²) in [5.41, 5.74) is 3.85. The zero-order valence-corrected chi connectivity index (χ0v) is 15.5. The van der Waals surface area contributed by atoms with Gasteiger partial charge in [0.15, 0.2) is 11.5 Å². The van der Waals surface area contributed by atoms with E-state index in [0.717, 1.165) is 5.01 Å². The second-order valence-corrected chi connectivity index (χ2v) is 5.79. The number of ether oxygens (including phenoxy) is 3. The summed E-state index contributed by atoms with van der Waals surface area (Å²) < 4.78 is 15.1.